The van der Waals surface area contributed by atoms with E-state index in [4.69, 9.17) is 0 Å². The predicted octanol–water partition coefficient (Wildman–Crippen LogP) is 4.36. The molecule has 2 rings (SSSR count). The summed E-state index contributed by atoms with van der Waals surface area (Å²) >= 11 is 3.51. The lowest BCUT2D eigenvalue weighted by Gasteiger charge is -2.31. The molecule has 2 unspecified atom stereocenters. The Hall–Kier alpha value is -0.380. The Bertz CT molecular complexity index is 384. The summed E-state index contributed by atoms with van der Waals surface area (Å²) in [6.07, 6.45) is 5.29. The van der Waals surface area contributed by atoms with E-state index in [1.54, 1.807) is 0 Å². The second kappa shape index (κ2) is 8.16. The maximum absolute atomic E-state index is 3.79. The molecule has 0 radical (unpaired) electrons. The van der Waals surface area contributed by atoms with Gasteiger partial charge in [-0.15, -0.1) is 0 Å². The van der Waals surface area contributed by atoms with Crippen LogP contribution < -0.4 is 5.32 Å². The van der Waals surface area contributed by atoms with Gasteiger partial charge >= 0.3 is 0 Å². The molecule has 2 atom stereocenters. The molecule has 1 heterocycles. The Balaban J connectivity index is 1.86. The van der Waals surface area contributed by atoms with E-state index in [2.05, 4.69) is 64.3 Å². The van der Waals surface area contributed by atoms with Crippen molar-refractivity contribution in [2.45, 2.75) is 51.6 Å². The number of benzene rings is 1. The average molecular weight is 339 g/mol. The second-order valence-electron chi connectivity index (χ2n) is 5.94. The van der Waals surface area contributed by atoms with E-state index >= 15 is 0 Å². The van der Waals surface area contributed by atoms with Crippen molar-refractivity contribution in [3.8, 4) is 0 Å². The van der Waals surface area contributed by atoms with Crippen molar-refractivity contribution in [3.63, 3.8) is 0 Å². The van der Waals surface area contributed by atoms with Crippen LogP contribution >= 0.6 is 15.9 Å². The molecule has 1 N–H and O–H groups in total. The van der Waals surface area contributed by atoms with Crippen molar-refractivity contribution in [2.24, 2.45) is 0 Å². The lowest BCUT2D eigenvalue weighted by atomic mass is 10.0. The molecular formula is C17H27BrN2. The van der Waals surface area contributed by atoms with E-state index in [0.29, 0.717) is 12.1 Å². The van der Waals surface area contributed by atoms with Crippen LogP contribution in [0.5, 0.6) is 0 Å². The summed E-state index contributed by atoms with van der Waals surface area (Å²) in [5.41, 5.74) is 1.39. The molecule has 1 aliphatic rings. The van der Waals surface area contributed by atoms with E-state index in [1.807, 2.05) is 0 Å². The number of hydrogen-bond donors (Lipinski definition) is 1. The van der Waals surface area contributed by atoms with Crippen molar-refractivity contribution in [3.05, 3.63) is 34.3 Å². The van der Waals surface area contributed by atoms with E-state index < -0.39 is 0 Å². The smallest absolute Gasteiger partial charge is 0.0320 e. The Morgan fingerprint density at radius 3 is 2.40 bits per heavy atom. The number of nitrogens with zero attached hydrogens (tertiary/aromatic N) is 1. The maximum atomic E-state index is 3.79. The van der Waals surface area contributed by atoms with E-state index in [1.165, 1.54) is 44.5 Å². The predicted molar refractivity (Wildman–Crippen MR) is 90.1 cm³/mol. The van der Waals surface area contributed by atoms with Crippen LogP contribution in [0.15, 0.2) is 28.7 Å². The summed E-state index contributed by atoms with van der Waals surface area (Å²) in [6.45, 7) is 8.30. The van der Waals surface area contributed by atoms with E-state index in [9.17, 15) is 0 Å². The molecule has 0 amide bonds. The van der Waals surface area contributed by atoms with Gasteiger partial charge in [0.15, 0.2) is 0 Å². The van der Waals surface area contributed by atoms with Crippen LogP contribution in [0.4, 0.5) is 0 Å². The highest BCUT2D eigenvalue weighted by molar-refractivity contribution is 9.10. The van der Waals surface area contributed by atoms with Crippen LogP contribution in [-0.2, 0) is 0 Å². The van der Waals surface area contributed by atoms with Crippen molar-refractivity contribution in [2.75, 3.05) is 19.6 Å². The SMILES string of the molecule is CCC(NC(C)CN1CCCCC1)c1ccc(Br)cc1. The first-order valence-corrected chi connectivity index (χ1v) is 8.72. The van der Waals surface area contributed by atoms with Gasteiger partial charge < -0.3 is 10.2 Å². The number of rotatable bonds is 6. The molecule has 112 valence electrons. The van der Waals surface area contributed by atoms with Gasteiger partial charge in [0.25, 0.3) is 0 Å². The normalized spacial score (nSPS) is 19.8. The molecular weight excluding hydrogens is 312 g/mol. The fraction of sp³-hybridized carbons (Fsp3) is 0.647. The molecule has 1 fully saturated rings. The molecule has 0 saturated carbocycles. The Morgan fingerprint density at radius 2 is 1.80 bits per heavy atom. The highest BCUT2D eigenvalue weighted by Crippen LogP contribution is 2.20. The Kier molecular flexibility index (Phi) is 6.53. The monoisotopic (exact) mass is 338 g/mol. The molecule has 3 heteroatoms. The minimum absolute atomic E-state index is 0.461. The molecule has 1 saturated heterocycles. The van der Waals surface area contributed by atoms with Crippen LogP contribution in [0, 0.1) is 0 Å². The van der Waals surface area contributed by atoms with Gasteiger partial charge in [-0.3, -0.25) is 0 Å². The molecule has 0 bridgehead atoms. The molecule has 0 aliphatic carbocycles. The first-order valence-electron chi connectivity index (χ1n) is 7.93. The summed E-state index contributed by atoms with van der Waals surface area (Å²) in [6, 6.07) is 9.71. The minimum Gasteiger partial charge on any atom is -0.306 e. The minimum atomic E-state index is 0.461. The summed E-state index contributed by atoms with van der Waals surface area (Å²) in [4.78, 5) is 2.61. The van der Waals surface area contributed by atoms with Crippen molar-refractivity contribution < 1.29 is 0 Å². The van der Waals surface area contributed by atoms with E-state index in [0.717, 1.165) is 10.9 Å². The van der Waals surface area contributed by atoms with Crippen LogP contribution in [0.1, 0.15) is 51.1 Å². The summed E-state index contributed by atoms with van der Waals surface area (Å²) in [5, 5.41) is 3.79. The number of nitrogens with one attached hydrogen (secondary N) is 1. The fourth-order valence-corrected chi connectivity index (χ4v) is 3.33. The Labute approximate surface area is 132 Å². The quantitative estimate of drug-likeness (QED) is 0.828. The summed E-state index contributed by atoms with van der Waals surface area (Å²) < 4.78 is 1.15. The molecule has 1 aromatic rings. The zero-order chi connectivity index (χ0) is 14.4. The van der Waals surface area contributed by atoms with E-state index in [-0.39, 0.29) is 0 Å². The summed E-state index contributed by atoms with van der Waals surface area (Å²) in [5.74, 6) is 0. The first kappa shape index (κ1) is 16.0. The number of hydrogen-bond acceptors (Lipinski definition) is 2. The fourth-order valence-electron chi connectivity index (χ4n) is 3.07. The topological polar surface area (TPSA) is 15.3 Å². The second-order valence-corrected chi connectivity index (χ2v) is 6.86. The molecule has 0 spiro atoms. The van der Waals surface area contributed by atoms with Crippen LogP contribution in [0.2, 0.25) is 0 Å². The Morgan fingerprint density at radius 1 is 1.15 bits per heavy atom. The lowest BCUT2D eigenvalue weighted by molar-refractivity contribution is 0.203. The molecule has 2 nitrogen and oxygen atoms in total. The zero-order valence-corrected chi connectivity index (χ0v) is 14.3. The molecule has 1 aliphatic heterocycles. The maximum Gasteiger partial charge on any atom is 0.0320 e. The molecule has 1 aromatic carbocycles. The van der Waals surface area contributed by atoms with Crippen LogP contribution in [0.3, 0.4) is 0 Å². The molecule has 20 heavy (non-hydrogen) atoms. The van der Waals surface area contributed by atoms with Crippen LogP contribution in [0.25, 0.3) is 0 Å². The van der Waals surface area contributed by atoms with Gasteiger partial charge in [0.05, 0.1) is 0 Å². The van der Waals surface area contributed by atoms with Gasteiger partial charge in [0.2, 0.25) is 0 Å². The number of piperidine rings is 1. The van der Waals surface area contributed by atoms with Gasteiger partial charge in [-0.05, 0) is 57.0 Å². The van der Waals surface area contributed by atoms with Gasteiger partial charge in [-0.2, -0.15) is 0 Å². The molecule has 0 aromatic heterocycles. The van der Waals surface area contributed by atoms with Gasteiger partial charge in [-0.25, -0.2) is 0 Å². The van der Waals surface area contributed by atoms with Crippen molar-refractivity contribution >= 4 is 15.9 Å². The van der Waals surface area contributed by atoms with Gasteiger partial charge in [-0.1, -0.05) is 41.4 Å². The number of halogens is 1. The van der Waals surface area contributed by atoms with Gasteiger partial charge in [0, 0.05) is 23.1 Å². The van der Waals surface area contributed by atoms with Crippen LogP contribution in [-0.4, -0.2) is 30.6 Å². The summed E-state index contributed by atoms with van der Waals surface area (Å²) in [7, 11) is 0. The zero-order valence-electron chi connectivity index (χ0n) is 12.7. The largest absolute Gasteiger partial charge is 0.306 e. The number of likely N-dealkylation sites (tertiary alicyclic amines) is 1. The lowest BCUT2D eigenvalue weighted by Crippen LogP contribution is -2.42. The highest BCUT2D eigenvalue weighted by Gasteiger charge is 2.16. The highest BCUT2D eigenvalue weighted by atomic mass is 79.9. The van der Waals surface area contributed by atoms with Gasteiger partial charge in [0.1, 0.15) is 0 Å². The third-order valence-corrected chi connectivity index (χ3v) is 4.68. The van der Waals surface area contributed by atoms with Crippen molar-refractivity contribution in [1.82, 2.24) is 10.2 Å². The standard InChI is InChI=1S/C17H27BrN2/c1-3-17(15-7-9-16(18)10-8-15)19-14(2)13-20-11-5-4-6-12-20/h7-10,14,17,19H,3-6,11-13H2,1-2H3. The average Bonchev–Trinajstić information content (AvgIpc) is 2.47. The third kappa shape index (κ3) is 4.87. The van der Waals surface area contributed by atoms with Crippen molar-refractivity contribution in [1.29, 1.82) is 0 Å². The third-order valence-electron chi connectivity index (χ3n) is 4.15. The first-order chi connectivity index (χ1) is 9.69.